The van der Waals surface area contributed by atoms with E-state index in [1.54, 1.807) is 0 Å². The zero-order valence-corrected chi connectivity index (χ0v) is 15.2. The first-order valence-corrected chi connectivity index (χ1v) is 9.78. The van der Waals surface area contributed by atoms with Gasteiger partial charge in [-0.25, -0.2) is 8.42 Å². The van der Waals surface area contributed by atoms with Crippen LogP contribution in [-0.4, -0.2) is 44.2 Å². The van der Waals surface area contributed by atoms with Crippen LogP contribution in [0, 0.1) is 5.92 Å². The zero-order chi connectivity index (χ0) is 18.6. The van der Waals surface area contributed by atoms with Crippen molar-refractivity contribution in [3.63, 3.8) is 0 Å². The van der Waals surface area contributed by atoms with Crippen LogP contribution in [0.5, 0.6) is 0 Å². The van der Waals surface area contributed by atoms with Gasteiger partial charge >= 0.3 is 0 Å². The Labute approximate surface area is 154 Å². The molecule has 0 spiro atoms. The summed E-state index contributed by atoms with van der Waals surface area (Å²) in [5, 5.41) is 2.85. The third kappa shape index (κ3) is 5.58. The highest BCUT2D eigenvalue weighted by atomic mass is 35.5. The summed E-state index contributed by atoms with van der Waals surface area (Å²) < 4.78 is 22.6. The maximum atomic E-state index is 11.9. The lowest BCUT2D eigenvalue weighted by atomic mass is 10.1. The Morgan fingerprint density at radius 3 is 2.48 bits per heavy atom. The van der Waals surface area contributed by atoms with Crippen molar-refractivity contribution >= 4 is 50.8 Å². The third-order valence-corrected chi connectivity index (χ3v) is 5.83. The number of hydrogen-bond acceptors (Lipinski definition) is 5. The predicted molar refractivity (Wildman–Crippen MR) is 91.8 cm³/mol. The second kappa shape index (κ2) is 8.03. The van der Waals surface area contributed by atoms with Crippen molar-refractivity contribution in [3.05, 3.63) is 33.8 Å². The van der Waals surface area contributed by atoms with Crippen molar-refractivity contribution in [2.75, 3.05) is 18.1 Å². The van der Waals surface area contributed by atoms with E-state index in [2.05, 4.69) is 16.2 Å². The van der Waals surface area contributed by atoms with Crippen LogP contribution in [0.25, 0.3) is 0 Å². The Balaban J connectivity index is 1.77. The van der Waals surface area contributed by atoms with Gasteiger partial charge in [-0.2, -0.15) is 0 Å². The lowest BCUT2D eigenvalue weighted by Gasteiger charge is -2.11. The Morgan fingerprint density at radius 1 is 1.16 bits per heavy atom. The highest BCUT2D eigenvalue weighted by Crippen LogP contribution is 2.20. The number of carbonyl (C=O) groups is 3. The van der Waals surface area contributed by atoms with Crippen LogP contribution in [-0.2, 0) is 19.4 Å². The van der Waals surface area contributed by atoms with Crippen molar-refractivity contribution in [3.8, 4) is 0 Å². The number of rotatable bonds is 4. The topological polar surface area (TPSA) is 121 Å². The Kier molecular flexibility index (Phi) is 6.26. The molecule has 3 N–H and O–H groups in total. The molecule has 3 amide bonds. The highest BCUT2D eigenvalue weighted by molar-refractivity contribution is 7.91. The molecule has 0 saturated carbocycles. The van der Waals surface area contributed by atoms with Gasteiger partial charge in [0.2, 0.25) is 5.91 Å². The third-order valence-electron chi connectivity index (χ3n) is 3.51. The Morgan fingerprint density at radius 2 is 1.88 bits per heavy atom. The summed E-state index contributed by atoms with van der Waals surface area (Å²) in [6.45, 7) is -0.402. The van der Waals surface area contributed by atoms with Crippen LogP contribution in [0.15, 0.2) is 18.2 Å². The van der Waals surface area contributed by atoms with E-state index >= 15 is 0 Å². The van der Waals surface area contributed by atoms with Gasteiger partial charge in [-0.3, -0.25) is 25.2 Å². The van der Waals surface area contributed by atoms with Crippen molar-refractivity contribution in [2.45, 2.75) is 6.42 Å². The van der Waals surface area contributed by atoms with Crippen molar-refractivity contribution in [1.29, 1.82) is 0 Å². The minimum absolute atomic E-state index is 0.0447. The maximum absolute atomic E-state index is 11.9. The molecule has 1 atom stereocenters. The van der Waals surface area contributed by atoms with Gasteiger partial charge in [-0.15, -0.1) is 0 Å². The van der Waals surface area contributed by atoms with Gasteiger partial charge in [0.05, 0.1) is 34.6 Å². The number of hydrazine groups is 1. The van der Waals surface area contributed by atoms with E-state index in [0.717, 1.165) is 0 Å². The quantitative estimate of drug-likeness (QED) is 0.619. The normalized spacial score (nSPS) is 18.4. The lowest BCUT2D eigenvalue weighted by Crippen LogP contribution is -2.48. The maximum Gasteiger partial charge on any atom is 0.257 e. The highest BCUT2D eigenvalue weighted by Gasteiger charge is 2.33. The van der Waals surface area contributed by atoms with Crippen LogP contribution in [0.2, 0.25) is 10.0 Å². The minimum Gasteiger partial charge on any atom is -0.343 e. The Bertz CT molecular complexity index is 813. The molecular weight excluding hydrogens is 393 g/mol. The van der Waals surface area contributed by atoms with E-state index in [4.69, 9.17) is 23.2 Å². The number of sulfone groups is 1. The molecule has 0 unspecified atom stereocenters. The van der Waals surface area contributed by atoms with Crippen LogP contribution < -0.4 is 16.2 Å². The number of benzene rings is 1. The van der Waals surface area contributed by atoms with Gasteiger partial charge in [-0.1, -0.05) is 23.2 Å². The summed E-state index contributed by atoms with van der Waals surface area (Å²) in [6.07, 6.45) is 0.218. The lowest BCUT2D eigenvalue weighted by molar-refractivity contribution is -0.130. The van der Waals surface area contributed by atoms with Gasteiger partial charge in [-0.05, 0) is 24.6 Å². The van der Waals surface area contributed by atoms with Gasteiger partial charge in [0.25, 0.3) is 11.8 Å². The summed E-state index contributed by atoms with van der Waals surface area (Å²) in [5.41, 5.74) is 4.41. The first kappa shape index (κ1) is 19.5. The second-order valence-corrected chi connectivity index (χ2v) is 8.52. The molecule has 1 saturated heterocycles. The van der Waals surface area contributed by atoms with Crippen molar-refractivity contribution in [2.24, 2.45) is 5.92 Å². The molecule has 1 aliphatic rings. The van der Waals surface area contributed by atoms with Gasteiger partial charge in [0.1, 0.15) is 0 Å². The molecule has 1 aromatic carbocycles. The summed E-state index contributed by atoms with van der Waals surface area (Å²) >= 11 is 11.6. The van der Waals surface area contributed by atoms with E-state index in [0.29, 0.717) is 5.02 Å². The molecule has 1 heterocycles. The van der Waals surface area contributed by atoms with Gasteiger partial charge < -0.3 is 5.32 Å². The minimum atomic E-state index is -3.19. The zero-order valence-electron chi connectivity index (χ0n) is 12.8. The van der Waals surface area contributed by atoms with Gasteiger partial charge in [0, 0.05) is 5.02 Å². The van der Waals surface area contributed by atoms with Gasteiger partial charge in [0.15, 0.2) is 9.84 Å². The molecule has 1 aromatic rings. The molecule has 25 heavy (non-hydrogen) atoms. The van der Waals surface area contributed by atoms with Crippen LogP contribution in [0.3, 0.4) is 0 Å². The fourth-order valence-electron chi connectivity index (χ4n) is 2.21. The predicted octanol–water partition coefficient (Wildman–Crippen LogP) is 0.305. The average molecular weight is 408 g/mol. The number of amides is 3. The largest absolute Gasteiger partial charge is 0.343 e. The smallest absolute Gasteiger partial charge is 0.257 e. The number of nitrogens with one attached hydrogen (secondary N) is 3. The second-order valence-electron chi connectivity index (χ2n) is 5.44. The molecule has 136 valence electrons. The van der Waals surface area contributed by atoms with E-state index in [-0.39, 0.29) is 28.5 Å². The summed E-state index contributed by atoms with van der Waals surface area (Å²) in [6, 6.07) is 4.30. The van der Waals surface area contributed by atoms with Crippen molar-refractivity contribution in [1.82, 2.24) is 16.2 Å². The van der Waals surface area contributed by atoms with Crippen LogP contribution in [0.1, 0.15) is 16.8 Å². The molecule has 0 aliphatic carbocycles. The molecule has 1 aliphatic heterocycles. The molecular formula is C14H15Cl2N3O5S. The molecule has 11 heteroatoms. The summed E-state index contributed by atoms with van der Waals surface area (Å²) in [5.74, 6) is -2.80. The molecule has 0 aromatic heterocycles. The van der Waals surface area contributed by atoms with Crippen LogP contribution in [0.4, 0.5) is 0 Å². The molecule has 1 fully saturated rings. The summed E-state index contributed by atoms with van der Waals surface area (Å²) in [4.78, 5) is 35.3. The first-order chi connectivity index (χ1) is 11.7. The SMILES string of the molecule is O=C(CNC(=O)c1ccc(Cl)cc1Cl)NNC(=O)[C@H]1CCS(=O)(=O)C1. The standard InChI is InChI=1S/C14H15Cl2N3O5S/c15-9-1-2-10(11(16)5-9)14(22)17-6-12(20)18-19-13(21)8-3-4-25(23,24)7-8/h1-2,5,8H,3-4,6-7H2,(H,17,22)(H,18,20)(H,19,21)/t8-/m0/s1. The molecule has 2 rings (SSSR count). The molecule has 0 bridgehead atoms. The van der Waals surface area contributed by atoms with Crippen LogP contribution >= 0.6 is 23.2 Å². The first-order valence-electron chi connectivity index (χ1n) is 7.20. The van der Waals surface area contributed by atoms with Crippen molar-refractivity contribution < 1.29 is 22.8 Å². The molecule has 8 nitrogen and oxygen atoms in total. The fourth-order valence-corrected chi connectivity index (χ4v) is 4.44. The molecule has 0 radical (unpaired) electrons. The monoisotopic (exact) mass is 407 g/mol. The van der Waals surface area contributed by atoms with E-state index < -0.39 is 40.0 Å². The fraction of sp³-hybridized carbons (Fsp3) is 0.357. The summed E-state index contributed by atoms with van der Waals surface area (Å²) in [7, 11) is -3.19. The van der Waals surface area contributed by atoms with E-state index in [1.165, 1.54) is 18.2 Å². The number of hydrogen-bond donors (Lipinski definition) is 3. The number of halogens is 2. The van der Waals surface area contributed by atoms with E-state index in [1.807, 2.05) is 0 Å². The average Bonchev–Trinajstić information content (AvgIpc) is 2.90. The van der Waals surface area contributed by atoms with E-state index in [9.17, 15) is 22.8 Å². The number of carbonyl (C=O) groups excluding carboxylic acids is 3. The Hall–Kier alpha value is -1.84.